The summed E-state index contributed by atoms with van der Waals surface area (Å²) in [5.41, 5.74) is 3.38. The molecule has 4 aromatic rings. The Labute approximate surface area is 180 Å². The molecule has 0 atom stereocenters. The average Bonchev–Trinajstić information content (AvgIpc) is 2.80. The molecule has 0 bridgehead atoms. The first kappa shape index (κ1) is 20.6. The van der Waals surface area contributed by atoms with Crippen molar-refractivity contribution in [2.45, 2.75) is 0 Å². The van der Waals surface area contributed by atoms with Gasteiger partial charge in [0.05, 0.1) is 15.8 Å². The van der Waals surface area contributed by atoms with E-state index in [1.54, 1.807) is 24.3 Å². The second-order valence-electron chi connectivity index (χ2n) is 6.76. The number of halogens is 1. The molecule has 0 radical (unpaired) electrons. The molecule has 0 aliphatic carbocycles. The maximum absolute atomic E-state index is 13.4. The van der Waals surface area contributed by atoms with Gasteiger partial charge in [0.2, 0.25) is 0 Å². The number of benzene rings is 3. The number of nitro groups is 1. The van der Waals surface area contributed by atoms with E-state index in [1.807, 2.05) is 0 Å². The highest BCUT2D eigenvalue weighted by Crippen LogP contribution is 2.19. The van der Waals surface area contributed by atoms with Crippen LogP contribution < -0.4 is 11.0 Å². The Morgan fingerprint density at radius 3 is 2.41 bits per heavy atom. The Morgan fingerprint density at radius 2 is 1.72 bits per heavy atom. The molecule has 9 heteroatoms. The summed E-state index contributed by atoms with van der Waals surface area (Å²) in [4.78, 5) is 40.3. The van der Waals surface area contributed by atoms with Crippen molar-refractivity contribution in [3.8, 4) is 11.4 Å². The number of nitro benzene ring substituents is 1. The van der Waals surface area contributed by atoms with E-state index in [0.29, 0.717) is 22.0 Å². The Bertz CT molecular complexity index is 1410. The van der Waals surface area contributed by atoms with Gasteiger partial charge in [-0.1, -0.05) is 12.1 Å². The molecule has 158 valence electrons. The molecule has 32 heavy (non-hydrogen) atoms. The highest BCUT2D eigenvalue weighted by Gasteiger charge is 2.14. The minimum absolute atomic E-state index is 0.0654. The van der Waals surface area contributed by atoms with E-state index in [1.165, 1.54) is 60.7 Å². The van der Waals surface area contributed by atoms with E-state index in [-0.39, 0.29) is 11.5 Å². The van der Waals surface area contributed by atoms with Gasteiger partial charge in [0, 0.05) is 23.8 Å². The van der Waals surface area contributed by atoms with Crippen LogP contribution in [0, 0.1) is 15.9 Å². The number of nitrogens with zero attached hydrogens (tertiary/aromatic N) is 3. The molecular formula is C23H15FN4O4. The van der Waals surface area contributed by atoms with Crippen molar-refractivity contribution in [3.05, 3.63) is 111 Å². The van der Waals surface area contributed by atoms with Gasteiger partial charge in [-0.25, -0.2) is 9.37 Å². The summed E-state index contributed by atoms with van der Waals surface area (Å²) in [5, 5.41) is 11.0. The van der Waals surface area contributed by atoms with Gasteiger partial charge in [-0.15, -0.1) is 0 Å². The summed E-state index contributed by atoms with van der Waals surface area (Å²) in [6.07, 6.45) is 2.65. The lowest BCUT2D eigenvalue weighted by atomic mass is 10.2. The predicted molar refractivity (Wildman–Crippen MR) is 118 cm³/mol. The number of para-hydroxylation sites is 1. The SMILES string of the molecule is O=C(/C=C/c1ccc([N+](=O)[O-])cc1)Nn1c(-c2ccc(F)cc2)nc2ccccc2c1=O. The van der Waals surface area contributed by atoms with Crippen molar-refractivity contribution in [1.82, 2.24) is 9.66 Å². The van der Waals surface area contributed by atoms with Crippen LogP contribution in [0.3, 0.4) is 0 Å². The van der Waals surface area contributed by atoms with Crippen molar-refractivity contribution < 1.29 is 14.1 Å². The first-order valence-electron chi connectivity index (χ1n) is 9.43. The monoisotopic (exact) mass is 430 g/mol. The lowest BCUT2D eigenvalue weighted by Crippen LogP contribution is -2.34. The van der Waals surface area contributed by atoms with Crippen LogP contribution in [0.25, 0.3) is 28.4 Å². The number of hydrogen-bond donors (Lipinski definition) is 1. The number of fused-ring (bicyclic) bond motifs is 1. The molecule has 1 N–H and O–H groups in total. The van der Waals surface area contributed by atoms with Crippen LogP contribution in [-0.2, 0) is 4.79 Å². The molecule has 0 fully saturated rings. The van der Waals surface area contributed by atoms with Crippen LogP contribution in [0.2, 0.25) is 0 Å². The minimum Gasteiger partial charge on any atom is -0.268 e. The average molecular weight is 430 g/mol. The fraction of sp³-hybridized carbons (Fsp3) is 0. The second-order valence-corrected chi connectivity index (χ2v) is 6.76. The lowest BCUT2D eigenvalue weighted by Gasteiger charge is -2.13. The van der Waals surface area contributed by atoms with Crippen LogP contribution in [0.4, 0.5) is 10.1 Å². The smallest absolute Gasteiger partial charge is 0.268 e. The normalized spacial score (nSPS) is 11.0. The van der Waals surface area contributed by atoms with Gasteiger partial charge in [-0.3, -0.25) is 25.1 Å². The van der Waals surface area contributed by atoms with Gasteiger partial charge in [0.15, 0.2) is 5.82 Å². The Morgan fingerprint density at radius 1 is 1.03 bits per heavy atom. The van der Waals surface area contributed by atoms with Crippen molar-refractivity contribution in [2.24, 2.45) is 0 Å². The Balaban J connectivity index is 1.69. The third-order valence-electron chi connectivity index (χ3n) is 4.63. The summed E-state index contributed by atoms with van der Waals surface area (Å²) >= 11 is 0. The van der Waals surface area contributed by atoms with Crippen molar-refractivity contribution >= 4 is 28.6 Å². The molecule has 3 aromatic carbocycles. The fourth-order valence-corrected chi connectivity index (χ4v) is 3.06. The molecule has 0 unspecified atom stereocenters. The molecular weight excluding hydrogens is 415 g/mol. The molecule has 0 aliphatic heterocycles. The Kier molecular flexibility index (Phi) is 5.54. The highest BCUT2D eigenvalue weighted by molar-refractivity contribution is 5.98. The molecule has 0 saturated carbocycles. The van der Waals surface area contributed by atoms with E-state index < -0.39 is 22.2 Å². The van der Waals surface area contributed by atoms with Crippen LogP contribution in [-0.4, -0.2) is 20.5 Å². The zero-order chi connectivity index (χ0) is 22.7. The van der Waals surface area contributed by atoms with Crippen molar-refractivity contribution in [1.29, 1.82) is 0 Å². The third-order valence-corrected chi connectivity index (χ3v) is 4.63. The van der Waals surface area contributed by atoms with E-state index in [2.05, 4.69) is 10.4 Å². The fourth-order valence-electron chi connectivity index (χ4n) is 3.06. The van der Waals surface area contributed by atoms with Gasteiger partial charge in [0.1, 0.15) is 5.82 Å². The zero-order valence-electron chi connectivity index (χ0n) is 16.4. The van der Waals surface area contributed by atoms with Crippen LogP contribution in [0.5, 0.6) is 0 Å². The number of nitrogens with one attached hydrogen (secondary N) is 1. The number of rotatable bonds is 5. The Hall–Kier alpha value is -4.66. The molecule has 4 rings (SSSR count). The number of carbonyl (C=O) groups is 1. The molecule has 8 nitrogen and oxygen atoms in total. The summed E-state index contributed by atoms with van der Waals surface area (Å²) in [5.74, 6) is -0.921. The summed E-state index contributed by atoms with van der Waals surface area (Å²) in [6, 6.07) is 17.7. The quantitative estimate of drug-likeness (QED) is 0.294. The number of aromatic nitrogens is 2. The highest BCUT2D eigenvalue weighted by atomic mass is 19.1. The molecule has 0 saturated heterocycles. The second kappa shape index (κ2) is 8.60. The topological polar surface area (TPSA) is 107 Å². The van der Waals surface area contributed by atoms with E-state index in [4.69, 9.17) is 0 Å². The van der Waals surface area contributed by atoms with Crippen molar-refractivity contribution in [2.75, 3.05) is 5.43 Å². The van der Waals surface area contributed by atoms with Gasteiger partial charge in [-0.2, -0.15) is 4.68 Å². The first-order chi connectivity index (χ1) is 15.4. The van der Waals surface area contributed by atoms with Crippen LogP contribution >= 0.6 is 0 Å². The molecule has 1 aromatic heterocycles. The van der Waals surface area contributed by atoms with E-state index in [9.17, 15) is 24.1 Å². The van der Waals surface area contributed by atoms with Crippen LogP contribution in [0.15, 0.2) is 83.7 Å². The summed E-state index contributed by atoms with van der Waals surface area (Å²) < 4.78 is 14.4. The number of amides is 1. The van der Waals surface area contributed by atoms with Crippen LogP contribution in [0.1, 0.15) is 5.56 Å². The summed E-state index contributed by atoms with van der Waals surface area (Å²) in [6.45, 7) is 0. The van der Waals surface area contributed by atoms with Gasteiger partial charge in [0.25, 0.3) is 17.2 Å². The number of non-ortho nitro benzene ring substituents is 1. The van der Waals surface area contributed by atoms with Gasteiger partial charge >= 0.3 is 0 Å². The standard InChI is InChI=1S/C23H15FN4O4/c24-17-10-8-16(9-11-17)22-25-20-4-2-1-3-19(20)23(30)27(22)26-21(29)14-7-15-5-12-18(13-6-15)28(31)32/h1-14H,(H,26,29)/b14-7+. The largest absolute Gasteiger partial charge is 0.280 e. The molecule has 0 spiro atoms. The van der Waals surface area contributed by atoms with Gasteiger partial charge in [-0.05, 0) is 60.2 Å². The summed E-state index contributed by atoms with van der Waals surface area (Å²) in [7, 11) is 0. The lowest BCUT2D eigenvalue weighted by molar-refractivity contribution is -0.384. The molecule has 0 aliphatic rings. The maximum Gasteiger partial charge on any atom is 0.280 e. The van der Waals surface area contributed by atoms with Crippen molar-refractivity contribution in [3.63, 3.8) is 0 Å². The molecule has 1 amide bonds. The minimum atomic E-state index is -0.620. The first-order valence-corrected chi connectivity index (χ1v) is 9.43. The predicted octanol–water partition coefficient (Wildman–Crippen LogP) is 3.89. The molecule has 1 heterocycles. The zero-order valence-corrected chi connectivity index (χ0v) is 16.4. The van der Waals surface area contributed by atoms with E-state index >= 15 is 0 Å². The number of carbonyl (C=O) groups excluding carboxylic acids is 1. The number of hydrogen-bond acceptors (Lipinski definition) is 5. The van der Waals surface area contributed by atoms with E-state index in [0.717, 1.165) is 4.68 Å². The third kappa shape index (κ3) is 4.26. The maximum atomic E-state index is 13.4. The van der Waals surface area contributed by atoms with Gasteiger partial charge < -0.3 is 0 Å².